The van der Waals surface area contributed by atoms with Gasteiger partial charge < -0.3 is 15.1 Å². The summed E-state index contributed by atoms with van der Waals surface area (Å²) in [6.07, 6.45) is 0. The standard InChI is InChI=1S/C18H20BrN3O/c1-14-6-8-15(9-7-14)20-18(23)22-12-10-21(11-13-22)17-5-3-2-4-16(17)19/h2-9H,10-13H2,1H3,(H,20,23). The Morgan fingerprint density at radius 3 is 2.30 bits per heavy atom. The van der Waals surface area contributed by atoms with Crippen LogP contribution in [-0.2, 0) is 0 Å². The van der Waals surface area contributed by atoms with Gasteiger partial charge in [-0.3, -0.25) is 0 Å². The van der Waals surface area contributed by atoms with Gasteiger partial charge in [-0.1, -0.05) is 29.8 Å². The first-order valence-corrected chi connectivity index (χ1v) is 8.55. The summed E-state index contributed by atoms with van der Waals surface area (Å²) < 4.78 is 1.09. The van der Waals surface area contributed by atoms with Crippen LogP contribution >= 0.6 is 15.9 Å². The molecule has 1 saturated heterocycles. The van der Waals surface area contributed by atoms with E-state index < -0.39 is 0 Å². The molecular weight excluding hydrogens is 354 g/mol. The molecule has 0 atom stereocenters. The minimum atomic E-state index is -0.0272. The van der Waals surface area contributed by atoms with Gasteiger partial charge in [0, 0.05) is 36.3 Å². The zero-order chi connectivity index (χ0) is 16.2. The molecule has 5 heteroatoms. The number of nitrogens with one attached hydrogen (secondary N) is 1. The van der Waals surface area contributed by atoms with Crippen LogP contribution in [0.1, 0.15) is 5.56 Å². The summed E-state index contributed by atoms with van der Waals surface area (Å²) in [6, 6.07) is 16.0. The van der Waals surface area contributed by atoms with Gasteiger partial charge in [0.1, 0.15) is 0 Å². The minimum Gasteiger partial charge on any atom is -0.367 e. The maximum absolute atomic E-state index is 12.3. The average molecular weight is 374 g/mol. The highest BCUT2D eigenvalue weighted by Gasteiger charge is 2.22. The SMILES string of the molecule is Cc1ccc(NC(=O)N2CCN(c3ccccc3Br)CC2)cc1. The lowest BCUT2D eigenvalue weighted by molar-refractivity contribution is 0.208. The van der Waals surface area contributed by atoms with Crippen molar-refractivity contribution < 1.29 is 4.79 Å². The van der Waals surface area contributed by atoms with E-state index in [4.69, 9.17) is 0 Å². The van der Waals surface area contributed by atoms with Gasteiger partial charge in [0.15, 0.2) is 0 Å². The lowest BCUT2D eigenvalue weighted by Gasteiger charge is -2.36. The van der Waals surface area contributed by atoms with E-state index in [-0.39, 0.29) is 6.03 Å². The second kappa shape index (κ2) is 7.04. The number of amides is 2. The smallest absolute Gasteiger partial charge is 0.321 e. The quantitative estimate of drug-likeness (QED) is 0.859. The lowest BCUT2D eigenvalue weighted by Crippen LogP contribution is -2.50. The highest BCUT2D eigenvalue weighted by atomic mass is 79.9. The van der Waals surface area contributed by atoms with Crippen molar-refractivity contribution in [1.29, 1.82) is 0 Å². The van der Waals surface area contributed by atoms with Crippen LogP contribution in [0.2, 0.25) is 0 Å². The number of urea groups is 1. The van der Waals surface area contributed by atoms with Gasteiger partial charge >= 0.3 is 6.03 Å². The molecule has 2 aromatic rings. The van der Waals surface area contributed by atoms with Crippen molar-refractivity contribution in [2.45, 2.75) is 6.92 Å². The molecule has 1 N–H and O–H groups in total. The lowest BCUT2D eigenvalue weighted by atomic mass is 10.2. The van der Waals surface area contributed by atoms with Gasteiger partial charge in [-0.15, -0.1) is 0 Å². The number of hydrogen-bond acceptors (Lipinski definition) is 2. The zero-order valence-electron chi connectivity index (χ0n) is 13.1. The number of benzene rings is 2. The van der Waals surface area contributed by atoms with E-state index in [0.29, 0.717) is 0 Å². The Bertz CT molecular complexity index is 679. The molecule has 4 nitrogen and oxygen atoms in total. The molecule has 23 heavy (non-hydrogen) atoms. The van der Waals surface area contributed by atoms with Crippen LogP contribution in [0.5, 0.6) is 0 Å². The molecule has 0 aliphatic carbocycles. The predicted octanol–water partition coefficient (Wildman–Crippen LogP) is 4.11. The first kappa shape index (κ1) is 15.9. The summed E-state index contributed by atoms with van der Waals surface area (Å²) in [5, 5.41) is 2.96. The Kier molecular flexibility index (Phi) is 4.86. The molecule has 0 unspecified atom stereocenters. The van der Waals surface area contributed by atoms with E-state index in [9.17, 15) is 4.79 Å². The van der Waals surface area contributed by atoms with Gasteiger partial charge in [0.05, 0.1) is 5.69 Å². The summed E-state index contributed by atoms with van der Waals surface area (Å²) in [4.78, 5) is 16.5. The van der Waals surface area contributed by atoms with Gasteiger partial charge in [-0.25, -0.2) is 4.79 Å². The number of anilines is 2. The Balaban J connectivity index is 1.57. The molecule has 1 aliphatic rings. The molecule has 1 fully saturated rings. The van der Waals surface area contributed by atoms with Gasteiger partial charge in [0.25, 0.3) is 0 Å². The Labute approximate surface area is 145 Å². The van der Waals surface area contributed by atoms with Crippen LogP contribution in [0.15, 0.2) is 53.0 Å². The summed E-state index contributed by atoms with van der Waals surface area (Å²) in [6.45, 7) is 5.15. The fourth-order valence-corrected chi connectivity index (χ4v) is 3.23. The molecule has 2 aromatic carbocycles. The molecule has 0 saturated carbocycles. The van der Waals surface area contributed by atoms with Crippen LogP contribution in [-0.4, -0.2) is 37.1 Å². The third kappa shape index (κ3) is 3.85. The first-order chi connectivity index (χ1) is 11.1. The number of piperazine rings is 1. The number of halogens is 1. The molecule has 120 valence electrons. The van der Waals surface area contributed by atoms with Crippen LogP contribution in [0, 0.1) is 6.92 Å². The Morgan fingerprint density at radius 2 is 1.65 bits per heavy atom. The topological polar surface area (TPSA) is 35.6 Å². The maximum Gasteiger partial charge on any atom is 0.321 e. The molecule has 0 radical (unpaired) electrons. The number of aryl methyl sites for hydroxylation is 1. The number of hydrogen-bond donors (Lipinski definition) is 1. The van der Waals surface area contributed by atoms with Crippen molar-refractivity contribution in [2.24, 2.45) is 0 Å². The molecule has 1 heterocycles. The van der Waals surface area contributed by atoms with E-state index in [0.717, 1.165) is 36.3 Å². The molecular formula is C18H20BrN3O. The fraction of sp³-hybridized carbons (Fsp3) is 0.278. The van der Waals surface area contributed by atoms with E-state index >= 15 is 0 Å². The number of carbonyl (C=O) groups excluding carboxylic acids is 1. The van der Waals surface area contributed by atoms with E-state index in [2.05, 4.69) is 32.2 Å². The van der Waals surface area contributed by atoms with Crippen LogP contribution in [0.25, 0.3) is 0 Å². The van der Waals surface area contributed by atoms with Crippen molar-refractivity contribution in [3.8, 4) is 0 Å². The number of rotatable bonds is 2. The molecule has 0 bridgehead atoms. The number of carbonyl (C=O) groups is 1. The number of nitrogens with zero attached hydrogens (tertiary/aromatic N) is 2. The van der Waals surface area contributed by atoms with Gasteiger partial charge in [-0.05, 0) is 47.1 Å². The monoisotopic (exact) mass is 373 g/mol. The average Bonchev–Trinajstić information content (AvgIpc) is 2.57. The second-order valence-corrected chi connectivity index (χ2v) is 6.58. The van der Waals surface area contributed by atoms with E-state index in [1.165, 1.54) is 11.3 Å². The van der Waals surface area contributed by atoms with Gasteiger partial charge in [-0.2, -0.15) is 0 Å². The first-order valence-electron chi connectivity index (χ1n) is 7.75. The van der Waals surface area contributed by atoms with Crippen LogP contribution < -0.4 is 10.2 Å². The van der Waals surface area contributed by atoms with E-state index in [1.54, 1.807) is 0 Å². The third-order valence-corrected chi connectivity index (χ3v) is 4.73. The molecule has 2 amide bonds. The fourth-order valence-electron chi connectivity index (χ4n) is 2.70. The summed E-state index contributed by atoms with van der Waals surface area (Å²) >= 11 is 3.59. The Morgan fingerprint density at radius 1 is 1.00 bits per heavy atom. The molecule has 0 aromatic heterocycles. The minimum absolute atomic E-state index is 0.0272. The molecule has 0 spiro atoms. The van der Waals surface area contributed by atoms with Crippen molar-refractivity contribution >= 4 is 33.3 Å². The number of para-hydroxylation sites is 1. The maximum atomic E-state index is 12.3. The van der Waals surface area contributed by atoms with Crippen molar-refractivity contribution in [3.05, 3.63) is 58.6 Å². The Hall–Kier alpha value is -2.01. The summed E-state index contributed by atoms with van der Waals surface area (Å²) in [5.41, 5.74) is 3.21. The zero-order valence-corrected chi connectivity index (χ0v) is 14.7. The summed E-state index contributed by atoms with van der Waals surface area (Å²) in [5.74, 6) is 0. The highest BCUT2D eigenvalue weighted by molar-refractivity contribution is 9.10. The second-order valence-electron chi connectivity index (χ2n) is 5.72. The van der Waals surface area contributed by atoms with Crippen LogP contribution in [0.3, 0.4) is 0 Å². The van der Waals surface area contributed by atoms with Crippen LogP contribution in [0.4, 0.5) is 16.2 Å². The molecule has 1 aliphatic heterocycles. The highest BCUT2D eigenvalue weighted by Crippen LogP contribution is 2.26. The third-order valence-electron chi connectivity index (χ3n) is 4.06. The normalized spacial score (nSPS) is 14.7. The van der Waals surface area contributed by atoms with Gasteiger partial charge in [0.2, 0.25) is 0 Å². The van der Waals surface area contributed by atoms with Crippen molar-refractivity contribution in [3.63, 3.8) is 0 Å². The van der Waals surface area contributed by atoms with E-state index in [1.807, 2.05) is 54.3 Å². The van der Waals surface area contributed by atoms with Crippen molar-refractivity contribution in [1.82, 2.24) is 4.90 Å². The predicted molar refractivity (Wildman–Crippen MR) is 98.1 cm³/mol. The van der Waals surface area contributed by atoms with Crippen molar-refractivity contribution in [2.75, 3.05) is 36.4 Å². The molecule has 3 rings (SSSR count). The largest absolute Gasteiger partial charge is 0.367 e. The summed E-state index contributed by atoms with van der Waals surface area (Å²) in [7, 11) is 0.